The number of morpholine rings is 1. The van der Waals surface area contributed by atoms with Gasteiger partial charge in [-0.05, 0) is 32.2 Å². The van der Waals surface area contributed by atoms with E-state index in [1.165, 1.54) is 4.31 Å². The van der Waals surface area contributed by atoms with E-state index in [9.17, 15) is 8.42 Å². The number of hydrogen-bond acceptors (Lipinski definition) is 7. The predicted molar refractivity (Wildman–Crippen MR) is 105 cm³/mol. The van der Waals surface area contributed by atoms with Gasteiger partial charge in [0, 0.05) is 13.1 Å². The molecule has 1 saturated heterocycles. The van der Waals surface area contributed by atoms with E-state index in [1.54, 1.807) is 29.9 Å². The van der Waals surface area contributed by atoms with Gasteiger partial charge < -0.3 is 9.15 Å². The number of nitrogens with zero attached hydrogens (tertiary/aromatic N) is 4. The molecule has 0 saturated carbocycles. The van der Waals surface area contributed by atoms with Crippen molar-refractivity contribution in [2.24, 2.45) is 0 Å². The quantitative estimate of drug-likeness (QED) is 0.628. The molecule has 28 heavy (non-hydrogen) atoms. The molecule has 3 aromatic heterocycles. The zero-order chi connectivity index (χ0) is 19.9. The van der Waals surface area contributed by atoms with Crippen molar-refractivity contribution in [3.8, 4) is 10.8 Å². The van der Waals surface area contributed by atoms with Crippen LogP contribution >= 0.6 is 11.3 Å². The summed E-state index contributed by atoms with van der Waals surface area (Å²) in [5.41, 5.74) is 1.83. The second kappa shape index (κ2) is 7.43. The lowest BCUT2D eigenvalue weighted by Gasteiger charge is -2.26. The molecular formula is C18H22N4O4S2. The van der Waals surface area contributed by atoms with Crippen LogP contribution in [0.25, 0.3) is 10.8 Å². The van der Waals surface area contributed by atoms with E-state index in [4.69, 9.17) is 9.15 Å². The molecule has 150 valence electrons. The highest BCUT2D eigenvalue weighted by atomic mass is 32.2. The molecule has 0 aliphatic carbocycles. The van der Waals surface area contributed by atoms with Gasteiger partial charge in [-0.25, -0.2) is 13.4 Å². The molecule has 0 radical (unpaired) electrons. The van der Waals surface area contributed by atoms with E-state index >= 15 is 0 Å². The average Bonchev–Trinajstić information content (AvgIpc) is 3.37. The summed E-state index contributed by atoms with van der Waals surface area (Å²) in [5, 5.41) is 6.45. The minimum Gasteiger partial charge on any atom is -0.440 e. The third-order valence-corrected chi connectivity index (χ3v) is 7.82. The molecule has 0 spiro atoms. The molecule has 4 heterocycles. The maximum Gasteiger partial charge on any atom is 0.246 e. The molecule has 1 aliphatic heterocycles. The lowest BCUT2D eigenvalue weighted by Crippen LogP contribution is -2.41. The maximum atomic E-state index is 13.1. The van der Waals surface area contributed by atoms with Gasteiger partial charge in [0.1, 0.15) is 16.3 Å². The number of aromatic nitrogens is 3. The highest BCUT2D eigenvalue weighted by Gasteiger charge is 2.32. The van der Waals surface area contributed by atoms with Crippen molar-refractivity contribution in [1.29, 1.82) is 0 Å². The van der Waals surface area contributed by atoms with Crippen LogP contribution in [0.2, 0.25) is 0 Å². The number of ether oxygens (including phenoxy) is 1. The average molecular weight is 423 g/mol. The molecule has 0 amide bonds. The van der Waals surface area contributed by atoms with Gasteiger partial charge in [-0.2, -0.15) is 9.40 Å². The molecule has 0 aromatic carbocycles. The Morgan fingerprint density at radius 3 is 2.64 bits per heavy atom. The summed E-state index contributed by atoms with van der Waals surface area (Å²) in [5.74, 6) is 1.28. The van der Waals surface area contributed by atoms with Gasteiger partial charge >= 0.3 is 0 Å². The van der Waals surface area contributed by atoms with Crippen LogP contribution < -0.4 is 0 Å². The summed E-state index contributed by atoms with van der Waals surface area (Å²) in [6.07, 6.45) is 0. The summed E-state index contributed by atoms with van der Waals surface area (Å²) in [4.78, 5) is 5.82. The first-order chi connectivity index (χ1) is 13.4. The Balaban J connectivity index is 1.65. The number of oxazole rings is 1. The first-order valence-corrected chi connectivity index (χ1v) is 11.3. The Hall–Kier alpha value is -2.01. The van der Waals surface area contributed by atoms with E-state index in [2.05, 4.69) is 10.1 Å². The van der Waals surface area contributed by atoms with Crippen LogP contribution in [-0.4, -0.2) is 53.8 Å². The third kappa shape index (κ3) is 3.41. The topological polar surface area (TPSA) is 90.5 Å². The molecular weight excluding hydrogens is 400 g/mol. The van der Waals surface area contributed by atoms with Crippen molar-refractivity contribution < 1.29 is 17.6 Å². The fourth-order valence-electron chi connectivity index (χ4n) is 3.35. The van der Waals surface area contributed by atoms with Crippen LogP contribution in [0.5, 0.6) is 0 Å². The highest BCUT2D eigenvalue weighted by molar-refractivity contribution is 7.89. The molecule has 0 N–H and O–H groups in total. The van der Waals surface area contributed by atoms with Crippen LogP contribution in [0.1, 0.15) is 22.8 Å². The van der Waals surface area contributed by atoms with Gasteiger partial charge in [0.15, 0.2) is 0 Å². The van der Waals surface area contributed by atoms with Crippen LogP contribution in [0.4, 0.5) is 0 Å². The first-order valence-electron chi connectivity index (χ1n) is 9.00. The van der Waals surface area contributed by atoms with Crippen LogP contribution in [0, 0.1) is 20.8 Å². The van der Waals surface area contributed by atoms with Crippen LogP contribution in [0.3, 0.4) is 0 Å². The zero-order valence-electron chi connectivity index (χ0n) is 16.0. The van der Waals surface area contributed by atoms with Gasteiger partial charge in [-0.15, -0.1) is 11.3 Å². The van der Waals surface area contributed by atoms with Crippen molar-refractivity contribution >= 4 is 21.4 Å². The van der Waals surface area contributed by atoms with Crippen molar-refractivity contribution in [3.63, 3.8) is 0 Å². The Bertz CT molecular complexity index is 1080. The Kier molecular flexibility index (Phi) is 5.13. The fourth-order valence-corrected chi connectivity index (χ4v) is 5.78. The molecule has 8 nitrogen and oxygen atoms in total. The summed E-state index contributed by atoms with van der Waals surface area (Å²) < 4.78 is 40.4. The number of aryl methyl sites for hydroxylation is 2. The molecule has 10 heteroatoms. The Morgan fingerprint density at radius 1 is 1.21 bits per heavy atom. The number of thiophene rings is 1. The molecule has 0 unspecified atom stereocenters. The van der Waals surface area contributed by atoms with E-state index < -0.39 is 10.0 Å². The normalized spacial score (nSPS) is 16.0. The van der Waals surface area contributed by atoms with Gasteiger partial charge in [-0.1, -0.05) is 6.07 Å². The summed E-state index contributed by atoms with van der Waals surface area (Å²) in [6.45, 7) is 7.26. The molecule has 0 atom stereocenters. The predicted octanol–water partition coefficient (Wildman–Crippen LogP) is 2.59. The molecule has 1 fully saturated rings. The van der Waals surface area contributed by atoms with Gasteiger partial charge in [0.2, 0.25) is 15.9 Å². The smallest absolute Gasteiger partial charge is 0.246 e. The standard InChI is InChI=1S/C18H22N4O4S2/c1-12-17(28(23,24)21-6-8-25-9-7-21)13(2)22(20-12)11-15-14(3)26-18(19-15)16-5-4-10-27-16/h4-5,10H,6-9,11H2,1-3H3. The minimum atomic E-state index is -3.61. The van der Waals surface area contributed by atoms with Gasteiger partial charge in [0.05, 0.1) is 36.0 Å². The summed E-state index contributed by atoms with van der Waals surface area (Å²) in [7, 11) is -3.61. The van der Waals surface area contributed by atoms with Gasteiger partial charge in [-0.3, -0.25) is 4.68 Å². The molecule has 1 aliphatic rings. The Labute approximate surface area is 167 Å². The molecule has 4 rings (SSSR count). The summed E-state index contributed by atoms with van der Waals surface area (Å²) >= 11 is 1.56. The zero-order valence-corrected chi connectivity index (χ0v) is 17.6. The monoisotopic (exact) mass is 422 g/mol. The van der Waals surface area contributed by atoms with Crippen LogP contribution in [-0.2, 0) is 21.3 Å². The van der Waals surface area contributed by atoms with Crippen molar-refractivity contribution in [2.45, 2.75) is 32.2 Å². The molecule has 3 aromatic rings. The lowest BCUT2D eigenvalue weighted by atomic mass is 10.3. The van der Waals surface area contributed by atoms with E-state index in [0.29, 0.717) is 55.9 Å². The van der Waals surface area contributed by atoms with Crippen LogP contribution in [0.15, 0.2) is 26.8 Å². The maximum absolute atomic E-state index is 13.1. The number of sulfonamides is 1. The van der Waals surface area contributed by atoms with E-state index in [0.717, 1.165) is 10.6 Å². The SMILES string of the molecule is Cc1nn(Cc2nc(-c3cccs3)oc2C)c(C)c1S(=O)(=O)N1CCOCC1. The number of rotatable bonds is 5. The van der Waals surface area contributed by atoms with Gasteiger partial charge in [0.25, 0.3) is 0 Å². The van der Waals surface area contributed by atoms with E-state index in [1.807, 2.05) is 24.4 Å². The lowest BCUT2D eigenvalue weighted by molar-refractivity contribution is 0.0730. The van der Waals surface area contributed by atoms with Crippen molar-refractivity contribution in [1.82, 2.24) is 19.1 Å². The van der Waals surface area contributed by atoms with Crippen molar-refractivity contribution in [3.05, 3.63) is 40.4 Å². The summed E-state index contributed by atoms with van der Waals surface area (Å²) in [6, 6.07) is 3.90. The van der Waals surface area contributed by atoms with Crippen molar-refractivity contribution in [2.75, 3.05) is 26.3 Å². The Morgan fingerprint density at radius 2 is 1.96 bits per heavy atom. The highest BCUT2D eigenvalue weighted by Crippen LogP contribution is 2.28. The molecule has 0 bridgehead atoms. The number of hydrogen-bond donors (Lipinski definition) is 0. The largest absolute Gasteiger partial charge is 0.440 e. The second-order valence-electron chi connectivity index (χ2n) is 6.67. The fraction of sp³-hybridized carbons (Fsp3) is 0.444. The third-order valence-electron chi connectivity index (χ3n) is 4.81. The van der Waals surface area contributed by atoms with E-state index in [-0.39, 0.29) is 4.90 Å². The second-order valence-corrected chi connectivity index (χ2v) is 9.50. The minimum absolute atomic E-state index is 0.272. The first kappa shape index (κ1) is 19.3.